The van der Waals surface area contributed by atoms with Crippen LogP contribution in [0.2, 0.25) is 0 Å². The third kappa shape index (κ3) is 32.5. The van der Waals surface area contributed by atoms with Gasteiger partial charge < -0.3 is 19.1 Å². The molecule has 2 unspecified atom stereocenters. The molecule has 0 aliphatic heterocycles. The normalized spacial score (nSPS) is 16.2. The number of hydrogen-bond donors (Lipinski definition) is 0. The number of rotatable bonds is 38. The SMILES string of the molecule is CCCCCCC(CSCCCCCCCN(CCCCCCCSCC(CCCCCC)OC(=O)CCC1CCCCC1)C(=O)OC(C)(C)C)OC(=O)CCC1CCCCC1. The first-order valence-electron chi connectivity index (χ1n) is 26.6. The third-order valence-corrected chi connectivity index (χ3v) is 15.4. The molecule has 7 nitrogen and oxygen atoms in total. The molecule has 0 saturated heterocycles. The molecule has 364 valence electrons. The number of thioether (sulfide) groups is 2. The van der Waals surface area contributed by atoms with E-state index in [1.54, 1.807) is 0 Å². The van der Waals surface area contributed by atoms with Crippen molar-refractivity contribution < 1.29 is 28.6 Å². The molecule has 2 rings (SSSR count). The lowest BCUT2D eigenvalue weighted by Crippen LogP contribution is -2.38. The van der Waals surface area contributed by atoms with Crippen LogP contribution in [0.1, 0.15) is 253 Å². The predicted octanol–water partition coefficient (Wildman–Crippen LogP) is 16.1. The highest BCUT2D eigenvalue weighted by Gasteiger charge is 2.23. The van der Waals surface area contributed by atoms with Crippen molar-refractivity contribution >= 4 is 41.6 Å². The van der Waals surface area contributed by atoms with E-state index in [-0.39, 0.29) is 30.2 Å². The highest BCUT2D eigenvalue weighted by atomic mass is 32.2. The van der Waals surface area contributed by atoms with Crippen molar-refractivity contribution in [3.63, 3.8) is 0 Å². The summed E-state index contributed by atoms with van der Waals surface area (Å²) in [4.78, 5) is 40.6. The van der Waals surface area contributed by atoms with E-state index in [2.05, 4.69) is 13.8 Å². The van der Waals surface area contributed by atoms with Crippen LogP contribution in [0, 0.1) is 11.8 Å². The first-order chi connectivity index (χ1) is 30.1. The summed E-state index contributed by atoms with van der Waals surface area (Å²) in [5.74, 6) is 5.56. The van der Waals surface area contributed by atoms with Gasteiger partial charge in [0.05, 0.1) is 0 Å². The van der Waals surface area contributed by atoms with Gasteiger partial charge in [0.2, 0.25) is 0 Å². The summed E-state index contributed by atoms with van der Waals surface area (Å²) in [6, 6.07) is 0. The highest BCUT2D eigenvalue weighted by molar-refractivity contribution is 7.99. The molecule has 2 aliphatic carbocycles. The molecule has 0 bridgehead atoms. The molecule has 0 N–H and O–H groups in total. The smallest absolute Gasteiger partial charge is 0.410 e. The lowest BCUT2D eigenvalue weighted by Gasteiger charge is -2.27. The van der Waals surface area contributed by atoms with E-state index >= 15 is 0 Å². The fourth-order valence-corrected chi connectivity index (χ4v) is 11.3. The van der Waals surface area contributed by atoms with E-state index in [0.29, 0.717) is 12.8 Å². The molecule has 2 atom stereocenters. The van der Waals surface area contributed by atoms with Gasteiger partial charge in [-0.05, 0) is 108 Å². The second kappa shape index (κ2) is 38.1. The number of carbonyl (C=O) groups excluding carboxylic acids is 3. The molecule has 0 spiro atoms. The van der Waals surface area contributed by atoms with Crippen molar-refractivity contribution in [3.8, 4) is 0 Å². The minimum absolute atomic E-state index is 0.0241. The molecule has 0 radical (unpaired) electrons. The molecule has 2 fully saturated rings. The summed E-state index contributed by atoms with van der Waals surface area (Å²) in [6.07, 6.45) is 39.4. The van der Waals surface area contributed by atoms with Crippen molar-refractivity contribution in [1.29, 1.82) is 0 Å². The molecule has 62 heavy (non-hydrogen) atoms. The number of amides is 1. The number of hydrogen-bond acceptors (Lipinski definition) is 8. The molecule has 1 amide bonds. The van der Waals surface area contributed by atoms with Gasteiger partial charge in [-0.15, -0.1) is 0 Å². The first-order valence-corrected chi connectivity index (χ1v) is 28.9. The van der Waals surface area contributed by atoms with Gasteiger partial charge in [-0.2, -0.15) is 23.5 Å². The van der Waals surface area contributed by atoms with E-state index < -0.39 is 5.60 Å². The summed E-state index contributed by atoms with van der Waals surface area (Å²) < 4.78 is 17.9. The van der Waals surface area contributed by atoms with E-state index in [1.165, 1.54) is 141 Å². The van der Waals surface area contributed by atoms with Gasteiger partial charge >= 0.3 is 18.0 Å². The minimum atomic E-state index is -0.492. The average molecular weight is 911 g/mol. The molecule has 2 aliphatic rings. The van der Waals surface area contributed by atoms with Crippen molar-refractivity contribution in [2.45, 2.75) is 271 Å². The van der Waals surface area contributed by atoms with Gasteiger partial charge in [-0.3, -0.25) is 9.59 Å². The van der Waals surface area contributed by atoms with E-state index in [0.717, 1.165) is 112 Å². The Bertz CT molecular complexity index is 1020. The fraction of sp³-hybridized carbons (Fsp3) is 0.943. The van der Waals surface area contributed by atoms with Crippen LogP contribution >= 0.6 is 23.5 Å². The van der Waals surface area contributed by atoms with Crippen LogP contribution in [-0.2, 0) is 23.8 Å². The zero-order chi connectivity index (χ0) is 44.9. The molecule has 0 aromatic rings. The van der Waals surface area contributed by atoms with Crippen LogP contribution in [0.3, 0.4) is 0 Å². The molecular formula is C53H99NO6S2. The highest BCUT2D eigenvalue weighted by Crippen LogP contribution is 2.29. The van der Waals surface area contributed by atoms with Gasteiger partial charge in [-0.1, -0.05) is 155 Å². The van der Waals surface area contributed by atoms with Gasteiger partial charge in [0.15, 0.2) is 0 Å². The maximum Gasteiger partial charge on any atom is 0.410 e. The Labute approximate surface area is 392 Å². The first kappa shape index (κ1) is 57.0. The Hall–Kier alpha value is -1.09. The van der Waals surface area contributed by atoms with Crippen molar-refractivity contribution in [2.75, 3.05) is 36.1 Å². The minimum Gasteiger partial charge on any atom is -0.461 e. The van der Waals surface area contributed by atoms with Gasteiger partial charge in [0.1, 0.15) is 17.8 Å². The number of esters is 2. The Morgan fingerprint density at radius 1 is 0.532 bits per heavy atom. The van der Waals surface area contributed by atoms with E-state index in [4.69, 9.17) is 14.2 Å². The molecule has 2 saturated carbocycles. The molecule has 0 aromatic carbocycles. The van der Waals surface area contributed by atoms with Crippen molar-refractivity contribution in [3.05, 3.63) is 0 Å². The van der Waals surface area contributed by atoms with Gasteiger partial charge in [-0.25, -0.2) is 4.79 Å². The molecular weight excluding hydrogens is 811 g/mol. The summed E-state index contributed by atoms with van der Waals surface area (Å²) in [6.45, 7) is 11.9. The second-order valence-electron chi connectivity index (χ2n) is 20.2. The zero-order valence-corrected chi connectivity index (χ0v) is 42.9. The zero-order valence-electron chi connectivity index (χ0n) is 41.3. The van der Waals surface area contributed by atoms with Crippen LogP contribution < -0.4 is 0 Å². The standard InChI is InChI=1S/C53H99NO6S2/c1-6-8-10-24-34-48(58-50(55)38-36-46-30-20-18-21-31-46)44-61-42-28-16-12-14-26-40-54(52(57)60-53(3,4)5)41-27-15-13-17-29-43-62-45-49(35-25-11-9-7-2)59-51(56)39-37-47-32-22-19-23-33-47/h46-49H,6-45H2,1-5H3. The largest absolute Gasteiger partial charge is 0.461 e. The van der Waals surface area contributed by atoms with Crippen LogP contribution in [0.25, 0.3) is 0 Å². The lowest BCUT2D eigenvalue weighted by atomic mass is 9.86. The predicted molar refractivity (Wildman–Crippen MR) is 268 cm³/mol. The summed E-state index contributed by atoms with van der Waals surface area (Å²) in [5.41, 5.74) is -0.492. The summed E-state index contributed by atoms with van der Waals surface area (Å²) >= 11 is 3.91. The monoisotopic (exact) mass is 910 g/mol. The number of ether oxygens (including phenoxy) is 3. The number of nitrogens with zero attached hydrogens (tertiary/aromatic N) is 1. The van der Waals surface area contributed by atoms with Crippen LogP contribution in [0.15, 0.2) is 0 Å². The topological polar surface area (TPSA) is 82.1 Å². The Balaban J connectivity index is 1.60. The van der Waals surface area contributed by atoms with Crippen LogP contribution in [0.5, 0.6) is 0 Å². The summed E-state index contributed by atoms with van der Waals surface area (Å²) in [7, 11) is 0. The number of unbranched alkanes of at least 4 members (excludes halogenated alkanes) is 14. The van der Waals surface area contributed by atoms with Crippen LogP contribution in [0.4, 0.5) is 4.79 Å². The van der Waals surface area contributed by atoms with Crippen molar-refractivity contribution in [2.24, 2.45) is 11.8 Å². The molecule has 0 heterocycles. The second-order valence-corrected chi connectivity index (χ2v) is 22.5. The van der Waals surface area contributed by atoms with Gasteiger partial charge in [0.25, 0.3) is 0 Å². The third-order valence-electron chi connectivity index (χ3n) is 13.0. The van der Waals surface area contributed by atoms with Crippen LogP contribution in [-0.4, -0.2) is 76.8 Å². The quantitative estimate of drug-likeness (QED) is 0.0344. The Kier molecular flexibility index (Phi) is 35.0. The fourth-order valence-electron chi connectivity index (χ4n) is 9.16. The van der Waals surface area contributed by atoms with Gasteiger partial charge in [0, 0.05) is 37.4 Å². The molecule has 0 aromatic heterocycles. The maximum atomic E-state index is 13.1. The maximum absolute atomic E-state index is 13.1. The van der Waals surface area contributed by atoms with E-state index in [9.17, 15) is 14.4 Å². The number of carbonyl (C=O) groups is 3. The van der Waals surface area contributed by atoms with Crippen molar-refractivity contribution in [1.82, 2.24) is 4.90 Å². The lowest BCUT2D eigenvalue weighted by molar-refractivity contribution is -0.149. The van der Waals surface area contributed by atoms with E-state index in [1.807, 2.05) is 49.2 Å². The Morgan fingerprint density at radius 2 is 0.919 bits per heavy atom. The Morgan fingerprint density at radius 3 is 1.32 bits per heavy atom. The summed E-state index contributed by atoms with van der Waals surface area (Å²) in [5, 5.41) is 0. The average Bonchev–Trinajstić information content (AvgIpc) is 3.25. The molecule has 9 heteroatoms.